The van der Waals surface area contributed by atoms with Crippen molar-refractivity contribution < 1.29 is 22.7 Å². The van der Waals surface area contributed by atoms with Crippen LogP contribution in [0, 0.1) is 0 Å². The monoisotopic (exact) mass is 245 g/mol. The average Bonchev–Trinajstić information content (AvgIpc) is 2.14. The number of nitrogens with zero attached hydrogens (tertiary/aromatic N) is 1. The molecule has 0 radical (unpaired) electrons. The fraction of sp³-hybridized carbons (Fsp3) is 0.875. The summed E-state index contributed by atoms with van der Waals surface area (Å²) in [5.74, 6) is -0.511. The highest BCUT2D eigenvalue weighted by Gasteiger charge is 2.27. The normalized spacial score (nSPS) is 11.9. The van der Waals surface area contributed by atoms with Crippen molar-refractivity contribution in [2.75, 3.05) is 32.5 Å². The van der Waals surface area contributed by atoms with Crippen LogP contribution in [0.5, 0.6) is 0 Å². The molecule has 0 atom stereocenters. The van der Waals surface area contributed by atoms with Crippen LogP contribution >= 0.6 is 11.8 Å². The Morgan fingerprint density at radius 1 is 1.47 bits per heavy atom. The minimum absolute atomic E-state index is 0.0332. The quantitative estimate of drug-likeness (QED) is 0.667. The number of alkyl halides is 3. The lowest BCUT2D eigenvalue weighted by Gasteiger charge is -2.18. The van der Waals surface area contributed by atoms with Gasteiger partial charge in [-0.2, -0.15) is 13.2 Å². The second kappa shape index (κ2) is 6.95. The molecule has 0 aliphatic rings. The molecule has 0 heterocycles. The number of hydrogen-bond donors (Lipinski definition) is 0. The zero-order chi connectivity index (χ0) is 11.9. The molecule has 0 saturated heterocycles. The van der Waals surface area contributed by atoms with Gasteiger partial charge in [-0.1, -0.05) is 6.92 Å². The van der Waals surface area contributed by atoms with Gasteiger partial charge in [-0.05, 0) is 18.3 Å². The van der Waals surface area contributed by atoms with Crippen molar-refractivity contribution in [3.8, 4) is 0 Å². The predicted molar refractivity (Wildman–Crippen MR) is 52.6 cm³/mol. The molecule has 3 nitrogen and oxygen atoms in total. The highest BCUT2D eigenvalue weighted by atomic mass is 32.2. The van der Waals surface area contributed by atoms with Crippen molar-refractivity contribution in [1.29, 1.82) is 0 Å². The Balaban J connectivity index is 3.76. The van der Waals surface area contributed by atoms with Gasteiger partial charge in [0.2, 0.25) is 0 Å². The largest absolute Gasteiger partial charge is 0.468 e. The molecule has 0 fully saturated rings. The Morgan fingerprint density at radius 2 is 2.07 bits per heavy atom. The number of rotatable bonds is 6. The smallest absolute Gasteiger partial charge is 0.441 e. The minimum Gasteiger partial charge on any atom is -0.468 e. The standard InChI is InChI=1S/C8H14F3NO2S/c1-3-12(6-7(13)14-2)4-5-15-8(9,10)11/h3-6H2,1-2H3. The van der Waals surface area contributed by atoms with Crippen molar-refractivity contribution in [3.63, 3.8) is 0 Å². The maximum Gasteiger partial charge on any atom is 0.441 e. The first-order chi connectivity index (χ1) is 6.89. The van der Waals surface area contributed by atoms with Crippen molar-refractivity contribution in [1.82, 2.24) is 4.90 Å². The SMILES string of the molecule is CCN(CCSC(F)(F)F)CC(=O)OC. The zero-order valence-electron chi connectivity index (χ0n) is 8.63. The van der Waals surface area contributed by atoms with E-state index in [0.29, 0.717) is 6.54 Å². The van der Waals surface area contributed by atoms with E-state index in [1.807, 2.05) is 0 Å². The van der Waals surface area contributed by atoms with Crippen molar-refractivity contribution in [2.45, 2.75) is 12.4 Å². The van der Waals surface area contributed by atoms with Crippen LogP contribution in [-0.4, -0.2) is 48.9 Å². The van der Waals surface area contributed by atoms with Gasteiger partial charge in [0.15, 0.2) is 0 Å². The van der Waals surface area contributed by atoms with Gasteiger partial charge >= 0.3 is 11.5 Å². The van der Waals surface area contributed by atoms with Gasteiger partial charge in [0.05, 0.1) is 13.7 Å². The van der Waals surface area contributed by atoms with E-state index in [-0.39, 0.29) is 30.6 Å². The van der Waals surface area contributed by atoms with E-state index in [2.05, 4.69) is 4.74 Å². The van der Waals surface area contributed by atoms with Crippen LogP contribution < -0.4 is 0 Å². The third-order valence-corrected chi connectivity index (χ3v) is 2.41. The van der Waals surface area contributed by atoms with Crippen molar-refractivity contribution in [2.24, 2.45) is 0 Å². The number of esters is 1. The second-order valence-electron chi connectivity index (χ2n) is 2.74. The van der Waals surface area contributed by atoms with Crippen molar-refractivity contribution in [3.05, 3.63) is 0 Å². The fourth-order valence-corrected chi connectivity index (χ4v) is 1.47. The molecule has 0 bridgehead atoms. The van der Waals surface area contributed by atoms with Gasteiger partial charge < -0.3 is 4.74 Å². The number of methoxy groups -OCH3 is 1. The lowest BCUT2D eigenvalue weighted by molar-refractivity contribution is -0.141. The van der Waals surface area contributed by atoms with Crippen LogP contribution in [0.4, 0.5) is 13.2 Å². The summed E-state index contributed by atoms with van der Waals surface area (Å²) in [5, 5.41) is 0. The molecule has 0 aliphatic carbocycles. The summed E-state index contributed by atoms with van der Waals surface area (Å²) in [5.41, 5.74) is -4.20. The van der Waals surface area contributed by atoms with Crippen LogP contribution in [0.3, 0.4) is 0 Å². The molecule has 7 heteroatoms. The van der Waals surface area contributed by atoms with E-state index >= 15 is 0 Å². The first kappa shape index (κ1) is 14.6. The predicted octanol–water partition coefficient (Wildman–Crippen LogP) is 1.73. The van der Waals surface area contributed by atoms with E-state index in [1.54, 1.807) is 11.8 Å². The Kier molecular flexibility index (Phi) is 6.75. The number of carbonyl (C=O) groups is 1. The molecule has 0 aromatic heterocycles. The lowest BCUT2D eigenvalue weighted by atomic mass is 10.5. The molecule has 15 heavy (non-hydrogen) atoms. The first-order valence-corrected chi connectivity index (χ1v) is 5.37. The van der Waals surface area contributed by atoms with Gasteiger partial charge in [0.1, 0.15) is 0 Å². The summed E-state index contributed by atoms with van der Waals surface area (Å²) in [6, 6.07) is 0. The Bertz CT molecular complexity index is 199. The number of thioether (sulfide) groups is 1. The van der Waals surface area contributed by atoms with E-state index in [4.69, 9.17) is 0 Å². The summed E-state index contributed by atoms with van der Waals surface area (Å²) in [4.78, 5) is 12.5. The van der Waals surface area contributed by atoms with Crippen LogP contribution in [0.15, 0.2) is 0 Å². The van der Waals surface area contributed by atoms with Gasteiger partial charge in [-0.15, -0.1) is 0 Å². The summed E-state index contributed by atoms with van der Waals surface area (Å²) in [7, 11) is 1.25. The molecule has 0 unspecified atom stereocenters. The number of hydrogen-bond acceptors (Lipinski definition) is 4. The molecule has 90 valence electrons. The summed E-state index contributed by atoms with van der Waals surface area (Å²) >= 11 is -0.0818. The second-order valence-corrected chi connectivity index (χ2v) is 3.90. The Labute approximate surface area is 90.9 Å². The van der Waals surface area contributed by atoms with E-state index < -0.39 is 11.5 Å². The molecule has 0 aromatic rings. The topological polar surface area (TPSA) is 29.5 Å². The number of likely N-dealkylation sites (N-methyl/N-ethyl adjacent to an activating group) is 1. The third-order valence-electron chi connectivity index (χ3n) is 1.70. The number of ether oxygens (including phenoxy) is 1. The van der Waals surface area contributed by atoms with Gasteiger partial charge in [0.25, 0.3) is 0 Å². The maximum atomic E-state index is 11.8. The highest BCUT2D eigenvalue weighted by Crippen LogP contribution is 2.29. The molecule has 0 rings (SSSR count). The molecule has 0 aromatic carbocycles. The molecular formula is C8H14F3NO2S. The lowest BCUT2D eigenvalue weighted by Crippen LogP contribution is -2.32. The van der Waals surface area contributed by atoms with Crippen LogP contribution in [0.2, 0.25) is 0 Å². The molecular weight excluding hydrogens is 231 g/mol. The maximum absolute atomic E-state index is 11.8. The summed E-state index contributed by atoms with van der Waals surface area (Å²) in [6.45, 7) is 2.55. The third kappa shape index (κ3) is 8.56. The molecule has 0 saturated carbocycles. The van der Waals surface area contributed by atoms with E-state index in [1.165, 1.54) is 7.11 Å². The van der Waals surface area contributed by atoms with E-state index in [9.17, 15) is 18.0 Å². The van der Waals surface area contributed by atoms with Crippen molar-refractivity contribution >= 4 is 17.7 Å². The highest BCUT2D eigenvalue weighted by molar-refractivity contribution is 8.00. The molecule has 0 spiro atoms. The zero-order valence-corrected chi connectivity index (χ0v) is 9.45. The summed E-state index contributed by atoms with van der Waals surface area (Å²) < 4.78 is 39.8. The summed E-state index contributed by atoms with van der Waals surface area (Å²) in [6.07, 6.45) is 0. The van der Waals surface area contributed by atoms with Gasteiger partial charge in [0, 0.05) is 12.3 Å². The minimum atomic E-state index is -4.20. The van der Waals surface area contributed by atoms with Crippen LogP contribution in [0.1, 0.15) is 6.92 Å². The Morgan fingerprint density at radius 3 is 2.47 bits per heavy atom. The van der Waals surface area contributed by atoms with Crippen LogP contribution in [-0.2, 0) is 9.53 Å². The van der Waals surface area contributed by atoms with Gasteiger partial charge in [-0.25, -0.2) is 0 Å². The number of carbonyl (C=O) groups excluding carboxylic acids is 1. The van der Waals surface area contributed by atoms with Crippen LogP contribution in [0.25, 0.3) is 0 Å². The first-order valence-electron chi connectivity index (χ1n) is 4.39. The molecule has 0 aliphatic heterocycles. The molecule has 0 amide bonds. The Hall–Kier alpha value is -0.430. The van der Waals surface area contributed by atoms with Gasteiger partial charge in [-0.3, -0.25) is 9.69 Å². The fourth-order valence-electron chi connectivity index (χ4n) is 0.887. The molecule has 0 N–H and O–H groups in total. The number of halogens is 3. The average molecular weight is 245 g/mol. The van der Waals surface area contributed by atoms with E-state index in [0.717, 1.165) is 0 Å².